The van der Waals surface area contributed by atoms with Crippen LogP contribution in [0.1, 0.15) is 79.1 Å². The standard InChI is InChI=1S/C21H34O/c1-16(8-6-15-22)9-11-18-17(2)10-12-19-20(3,4)13-7-14-21(18,19)5/h8,15,18-19H,2,6-7,9-14H2,1,3-5H3/b16-8+/t18-,19?,21+/m0/s1. The average Bonchev–Trinajstić information content (AvgIpc) is 2.43. The molecule has 0 saturated heterocycles. The number of carbonyl (C=O) groups excluding carboxylic acids is 1. The van der Waals surface area contributed by atoms with E-state index in [4.69, 9.17) is 0 Å². The summed E-state index contributed by atoms with van der Waals surface area (Å²) in [7, 11) is 0. The van der Waals surface area contributed by atoms with E-state index in [0.717, 1.165) is 18.6 Å². The summed E-state index contributed by atoms with van der Waals surface area (Å²) < 4.78 is 0. The summed E-state index contributed by atoms with van der Waals surface area (Å²) in [6.45, 7) is 14.1. The molecule has 0 bridgehead atoms. The van der Waals surface area contributed by atoms with E-state index in [1.807, 2.05) is 0 Å². The van der Waals surface area contributed by atoms with Gasteiger partial charge in [0.1, 0.15) is 6.29 Å². The van der Waals surface area contributed by atoms with Gasteiger partial charge in [0.05, 0.1) is 0 Å². The number of hydrogen-bond donors (Lipinski definition) is 0. The Morgan fingerprint density at radius 1 is 1.32 bits per heavy atom. The largest absolute Gasteiger partial charge is 0.303 e. The molecule has 2 aliphatic carbocycles. The molecule has 1 nitrogen and oxygen atoms in total. The quantitative estimate of drug-likeness (QED) is 0.443. The van der Waals surface area contributed by atoms with Gasteiger partial charge in [-0.1, -0.05) is 51.0 Å². The second-order valence-corrected chi connectivity index (χ2v) is 8.64. The summed E-state index contributed by atoms with van der Waals surface area (Å²) in [5, 5.41) is 0. The number of rotatable bonds is 5. The van der Waals surface area contributed by atoms with E-state index in [2.05, 4.69) is 40.3 Å². The smallest absolute Gasteiger partial charge is 0.123 e. The van der Waals surface area contributed by atoms with E-state index in [9.17, 15) is 4.79 Å². The van der Waals surface area contributed by atoms with Gasteiger partial charge in [-0.25, -0.2) is 0 Å². The third-order valence-electron chi connectivity index (χ3n) is 6.71. The Hall–Kier alpha value is -0.850. The van der Waals surface area contributed by atoms with Crippen LogP contribution in [0.15, 0.2) is 23.8 Å². The fraction of sp³-hybridized carbons (Fsp3) is 0.762. The van der Waals surface area contributed by atoms with Crippen LogP contribution in [0.25, 0.3) is 0 Å². The zero-order valence-corrected chi connectivity index (χ0v) is 15.1. The van der Waals surface area contributed by atoms with E-state index in [0.29, 0.717) is 23.2 Å². The van der Waals surface area contributed by atoms with Crippen molar-refractivity contribution >= 4 is 6.29 Å². The van der Waals surface area contributed by atoms with Crippen molar-refractivity contribution in [3.63, 3.8) is 0 Å². The zero-order valence-electron chi connectivity index (χ0n) is 15.1. The monoisotopic (exact) mass is 302 g/mol. The molecule has 1 heteroatoms. The molecule has 1 unspecified atom stereocenters. The molecule has 2 saturated carbocycles. The molecule has 0 heterocycles. The van der Waals surface area contributed by atoms with Crippen LogP contribution < -0.4 is 0 Å². The van der Waals surface area contributed by atoms with Crippen molar-refractivity contribution in [3.05, 3.63) is 23.8 Å². The predicted molar refractivity (Wildman–Crippen MR) is 94.8 cm³/mol. The average molecular weight is 303 g/mol. The third kappa shape index (κ3) is 3.39. The molecule has 22 heavy (non-hydrogen) atoms. The molecule has 0 radical (unpaired) electrons. The molecule has 2 aliphatic rings. The van der Waals surface area contributed by atoms with E-state index >= 15 is 0 Å². The summed E-state index contributed by atoms with van der Waals surface area (Å²) in [6.07, 6.45) is 12.6. The van der Waals surface area contributed by atoms with Crippen LogP contribution in [0, 0.1) is 22.7 Å². The molecule has 0 spiro atoms. The Morgan fingerprint density at radius 3 is 2.73 bits per heavy atom. The molecule has 3 atom stereocenters. The fourth-order valence-corrected chi connectivity index (χ4v) is 5.53. The Bertz CT molecular complexity index is 457. The first-order valence-electron chi connectivity index (χ1n) is 9.08. The summed E-state index contributed by atoms with van der Waals surface area (Å²) in [5.41, 5.74) is 3.76. The molecular weight excluding hydrogens is 268 g/mol. The topological polar surface area (TPSA) is 17.1 Å². The lowest BCUT2D eigenvalue weighted by Crippen LogP contribution is -2.49. The molecule has 0 aromatic carbocycles. The summed E-state index contributed by atoms with van der Waals surface area (Å²) in [6, 6.07) is 0. The molecule has 2 rings (SSSR count). The van der Waals surface area contributed by atoms with Gasteiger partial charge in [-0.3, -0.25) is 0 Å². The van der Waals surface area contributed by atoms with Gasteiger partial charge in [0.15, 0.2) is 0 Å². The zero-order chi connectivity index (χ0) is 16.4. The maximum absolute atomic E-state index is 10.5. The minimum Gasteiger partial charge on any atom is -0.303 e. The molecule has 0 aromatic heterocycles. The van der Waals surface area contributed by atoms with Gasteiger partial charge in [0.2, 0.25) is 0 Å². The first-order chi connectivity index (χ1) is 10.3. The Morgan fingerprint density at radius 2 is 2.05 bits per heavy atom. The van der Waals surface area contributed by atoms with Crippen LogP contribution in [0.2, 0.25) is 0 Å². The first-order valence-corrected chi connectivity index (χ1v) is 9.08. The lowest BCUT2D eigenvalue weighted by atomic mass is 9.47. The van der Waals surface area contributed by atoms with Gasteiger partial charge in [-0.2, -0.15) is 0 Å². The number of fused-ring (bicyclic) bond motifs is 1. The number of allylic oxidation sites excluding steroid dienone is 3. The Balaban J connectivity index is 2.14. The van der Waals surface area contributed by atoms with Gasteiger partial charge >= 0.3 is 0 Å². The lowest BCUT2D eigenvalue weighted by molar-refractivity contribution is -0.107. The molecule has 0 amide bonds. The van der Waals surface area contributed by atoms with Crippen molar-refractivity contribution < 1.29 is 4.79 Å². The van der Waals surface area contributed by atoms with Gasteiger partial charge in [-0.05, 0) is 68.1 Å². The summed E-state index contributed by atoms with van der Waals surface area (Å²) in [4.78, 5) is 10.5. The van der Waals surface area contributed by atoms with Gasteiger partial charge in [-0.15, -0.1) is 0 Å². The summed E-state index contributed by atoms with van der Waals surface area (Å²) in [5.74, 6) is 1.49. The maximum Gasteiger partial charge on any atom is 0.123 e. The Kier molecular flexibility index (Phi) is 5.35. The maximum atomic E-state index is 10.5. The third-order valence-corrected chi connectivity index (χ3v) is 6.71. The van der Waals surface area contributed by atoms with Crippen molar-refractivity contribution in [3.8, 4) is 0 Å². The van der Waals surface area contributed by atoms with Crippen molar-refractivity contribution in [2.45, 2.75) is 79.1 Å². The van der Waals surface area contributed by atoms with E-state index < -0.39 is 0 Å². The highest BCUT2D eigenvalue weighted by Crippen LogP contribution is 2.61. The van der Waals surface area contributed by atoms with E-state index in [-0.39, 0.29) is 0 Å². The second kappa shape index (κ2) is 6.72. The molecule has 0 aliphatic heterocycles. The van der Waals surface area contributed by atoms with Crippen LogP contribution in [0.3, 0.4) is 0 Å². The van der Waals surface area contributed by atoms with Crippen LogP contribution in [-0.4, -0.2) is 6.29 Å². The highest BCUT2D eigenvalue weighted by atomic mass is 16.1. The molecule has 2 fully saturated rings. The number of carbonyl (C=O) groups is 1. The molecule has 0 N–H and O–H groups in total. The first kappa shape index (κ1) is 17.5. The van der Waals surface area contributed by atoms with Crippen LogP contribution in [0.4, 0.5) is 0 Å². The van der Waals surface area contributed by atoms with Crippen LogP contribution >= 0.6 is 0 Å². The van der Waals surface area contributed by atoms with E-state index in [1.165, 1.54) is 49.7 Å². The van der Waals surface area contributed by atoms with Crippen molar-refractivity contribution in [2.75, 3.05) is 0 Å². The minimum absolute atomic E-state index is 0.433. The minimum atomic E-state index is 0.433. The lowest BCUT2D eigenvalue weighted by Gasteiger charge is -2.58. The van der Waals surface area contributed by atoms with Crippen LogP contribution in [-0.2, 0) is 4.79 Å². The number of aldehydes is 1. The second-order valence-electron chi connectivity index (χ2n) is 8.64. The normalized spacial score (nSPS) is 35.1. The van der Waals surface area contributed by atoms with Crippen molar-refractivity contribution in [1.82, 2.24) is 0 Å². The summed E-state index contributed by atoms with van der Waals surface area (Å²) >= 11 is 0. The van der Waals surface area contributed by atoms with Gasteiger partial charge < -0.3 is 4.79 Å². The fourth-order valence-electron chi connectivity index (χ4n) is 5.53. The highest BCUT2D eigenvalue weighted by Gasteiger charge is 2.52. The van der Waals surface area contributed by atoms with Gasteiger partial charge in [0.25, 0.3) is 0 Å². The molecular formula is C21H34O. The molecule has 0 aromatic rings. The predicted octanol–water partition coefficient (Wildman–Crippen LogP) is 6.10. The molecule has 124 valence electrons. The van der Waals surface area contributed by atoms with Gasteiger partial charge in [0, 0.05) is 6.42 Å². The Labute approximate surface area is 137 Å². The number of hydrogen-bond acceptors (Lipinski definition) is 1. The van der Waals surface area contributed by atoms with Crippen molar-refractivity contribution in [2.24, 2.45) is 22.7 Å². The highest BCUT2D eigenvalue weighted by molar-refractivity contribution is 5.52. The van der Waals surface area contributed by atoms with Crippen LogP contribution in [0.5, 0.6) is 0 Å². The SMILES string of the molecule is C=C1CCC2C(C)(C)CCC[C@]2(C)[C@H]1CC/C(C)=C/CC=O. The van der Waals surface area contributed by atoms with Crippen molar-refractivity contribution in [1.29, 1.82) is 0 Å². The van der Waals surface area contributed by atoms with E-state index in [1.54, 1.807) is 0 Å².